The van der Waals surface area contributed by atoms with Gasteiger partial charge in [0.2, 0.25) is 0 Å². The fourth-order valence-corrected chi connectivity index (χ4v) is 7.18. The van der Waals surface area contributed by atoms with E-state index in [-0.39, 0.29) is 23.2 Å². The van der Waals surface area contributed by atoms with Gasteiger partial charge in [-0.25, -0.2) is 0 Å². The summed E-state index contributed by atoms with van der Waals surface area (Å²) in [4.78, 5) is 12.6. The van der Waals surface area contributed by atoms with Crippen LogP contribution in [0.25, 0.3) is 44.5 Å². The molecule has 0 radical (unpaired) electrons. The molecule has 5 aromatic carbocycles. The topological polar surface area (TPSA) is 26.3 Å². The van der Waals surface area contributed by atoms with E-state index in [1.165, 1.54) is 51.6 Å². The summed E-state index contributed by atoms with van der Waals surface area (Å²) in [6.45, 7) is 9.21. The Morgan fingerprint density at radius 2 is 0.976 bits per heavy atom. The van der Waals surface area contributed by atoms with E-state index in [0.29, 0.717) is 0 Å². The molecule has 0 amide bonds. The predicted molar refractivity (Wildman–Crippen MR) is 168 cm³/mol. The highest BCUT2D eigenvalue weighted by Gasteiger charge is 2.36. The van der Waals surface area contributed by atoms with E-state index < -0.39 is 0 Å². The minimum Gasteiger partial charge on any atom is -0.469 e. The lowest BCUT2D eigenvalue weighted by atomic mass is 9.81. The molecular formula is C39H34O2. The predicted octanol–water partition coefficient (Wildman–Crippen LogP) is 9.35. The van der Waals surface area contributed by atoms with Crippen LogP contribution in [0.5, 0.6) is 0 Å². The molecule has 0 aliphatic heterocycles. The van der Waals surface area contributed by atoms with E-state index in [9.17, 15) is 4.79 Å². The van der Waals surface area contributed by atoms with Crippen molar-refractivity contribution in [1.29, 1.82) is 0 Å². The van der Waals surface area contributed by atoms with E-state index in [4.69, 9.17) is 4.74 Å². The van der Waals surface area contributed by atoms with Gasteiger partial charge in [0.25, 0.3) is 0 Å². The number of carbonyl (C=O) groups excluding carboxylic acids is 1. The molecule has 0 N–H and O–H groups in total. The molecule has 0 saturated carbocycles. The van der Waals surface area contributed by atoms with Crippen LogP contribution in [-0.2, 0) is 26.8 Å². The molecule has 7 rings (SSSR count). The zero-order chi connectivity index (χ0) is 28.5. The molecule has 0 saturated heterocycles. The van der Waals surface area contributed by atoms with E-state index >= 15 is 0 Å². The summed E-state index contributed by atoms with van der Waals surface area (Å²) < 4.78 is 5.12. The van der Waals surface area contributed by atoms with Gasteiger partial charge >= 0.3 is 5.97 Å². The summed E-state index contributed by atoms with van der Waals surface area (Å²) in [5, 5.41) is 0. The number of esters is 1. The number of fused-ring (bicyclic) bond motifs is 6. The van der Waals surface area contributed by atoms with Crippen molar-refractivity contribution in [2.45, 2.75) is 44.9 Å². The van der Waals surface area contributed by atoms with E-state index in [1.807, 2.05) is 0 Å². The van der Waals surface area contributed by atoms with Gasteiger partial charge in [-0.2, -0.15) is 0 Å². The highest BCUT2D eigenvalue weighted by atomic mass is 16.5. The van der Waals surface area contributed by atoms with Crippen molar-refractivity contribution < 1.29 is 9.53 Å². The van der Waals surface area contributed by atoms with Crippen LogP contribution in [0, 0.1) is 0 Å². The lowest BCUT2D eigenvalue weighted by Gasteiger charge is -2.23. The second-order valence-corrected chi connectivity index (χ2v) is 12.5. The molecule has 2 aliphatic rings. The molecule has 41 heavy (non-hydrogen) atoms. The molecule has 2 heteroatoms. The first kappa shape index (κ1) is 25.5. The van der Waals surface area contributed by atoms with E-state index in [2.05, 4.69) is 131 Å². The number of rotatable bonds is 4. The Balaban J connectivity index is 1.33. The van der Waals surface area contributed by atoms with Crippen LogP contribution in [0.1, 0.15) is 55.5 Å². The summed E-state index contributed by atoms with van der Waals surface area (Å²) >= 11 is 0. The SMILES string of the molecule is COC(=O)Cc1cc(-c2ccc3c(c2)C(C)(C)c2ccccc2-3)ccc1-c1ccc2c(c1)C(C)(C)c1ccccc1-2. The van der Waals surface area contributed by atoms with Crippen LogP contribution in [0.3, 0.4) is 0 Å². The largest absolute Gasteiger partial charge is 0.469 e. The number of hydrogen-bond acceptors (Lipinski definition) is 2. The maximum absolute atomic E-state index is 12.6. The maximum Gasteiger partial charge on any atom is 0.310 e. The standard InChI is InChI=1S/C39H34O2/c1-38(2)33-12-8-6-10-29(33)31-18-15-25(21-35(31)38)24-14-17-28(27(20-24)23-37(40)41-5)26-16-19-32-30-11-7-9-13-34(30)39(3,4)36(32)22-26/h6-22H,23H2,1-5H3. The first-order valence-corrected chi connectivity index (χ1v) is 14.4. The van der Waals surface area contributed by atoms with E-state index in [1.54, 1.807) is 0 Å². The fraction of sp³-hybridized carbons (Fsp3) is 0.205. The molecule has 0 aromatic heterocycles. The molecule has 5 aromatic rings. The number of hydrogen-bond donors (Lipinski definition) is 0. The minimum absolute atomic E-state index is 0.0640. The molecule has 0 atom stereocenters. The molecule has 2 aliphatic carbocycles. The highest BCUT2D eigenvalue weighted by molar-refractivity contribution is 5.87. The van der Waals surface area contributed by atoms with Crippen LogP contribution in [-0.4, -0.2) is 13.1 Å². The molecule has 0 spiro atoms. The Morgan fingerprint density at radius 3 is 1.54 bits per heavy atom. The average molecular weight is 535 g/mol. The zero-order valence-electron chi connectivity index (χ0n) is 24.3. The smallest absolute Gasteiger partial charge is 0.310 e. The van der Waals surface area contributed by atoms with Crippen molar-refractivity contribution in [2.24, 2.45) is 0 Å². The van der Waals surface area contributed by atoms with Gasteiger partial charge in [-0.15, -0.1) is 0 Å². The van der Waals surface area contributed by atoms with Crippen LogP contribution in [0.2, 0.25) is 0 Å². The lowest BCUT2D eigenvalue weighted by molar-refractivity contribution is -0.139. The molecule has 0 heterocycles. The van der Waals surface area contributed by atoms with E-state index in [0.717, 1.165) is 27.8 Å². The van der Waals surface area contributed by atoms with Gasteiger partial charge < -0.3 is 4.74 Å². The highest BCUT2D eigenvalue weighted by Crippen LogP contribution is 2.51. The molecule has 202 valence electrons. The molecule has 0 bridgehead atoms. The number of methoxy groups -OCH3 is 1. The third-order valence-electron chi connectivity index (χ3n) is 9.48. The Kier molecular flexibility index (Phi) is 5.63. The second-order valence-electron chi connectivity index (χ2n) is 12.5. The van der Waals surface area contributed by atoms with Crippen LogP contribution in [0.15, 0.2) is 103 Å². The number of carbonyl (C=O) groups is 1. The molecular weight excluding hydrogens is 500 g/mol. The van der Waals surface area contributed by atoms with Crippen molar-refractivity contribution in [3.8, 4) is 44.5 Å². The lowest BCUT2D eigenvalue weighted by Crippen LogP contribution is -2.15. The summed E-state index contributed by atoms with van der Waals surface area (Å²) in [6, 6.07) is 37.5. The molecule has 2 nitrogen and oxygen atoms in total. The minimum atomic E-state index is -0.233. The zero-order valence-corrected chi connectivity index (χ0v) is 24.3. The van der Waals surface area contributed by atoms with Gasteiger partial charge in [0.1, 0.15) is 0 Å². The Labute approximate surface area is 242 Å². The summed E-state index contributed by atoms with van der Waals surface area (Å²) in [7, 11) is 1.46. The summed E-state index contributed by atoms with van der Waals surface area (Å²) in [6.07, 6.45) is 0.224. The quantitative estimate of drug-likeness (QED) is 0.215. The van der Waals surface area contributed by atoms with Crippen LogP contribution >= 0.6 is 0 Å². The number of benzene rings is 5. The molecule has 0 fully saturated rings. The third-order valence-corrected chi connectivity index (χ3v) is 9.48. The van der Waals surface area contributed by atoms with Gasteiger partial charge in [-0.1, -0.05) is 113 Å². The monoisotopic (exact) mass is 534 g/mol. The van der Waals surface area contributed by atoms with Crippen LogP contribution in [0.4, 0.5) is 0 Å². The summed E-state index contributed by atoms with van der Waals surface area (Å²) in [5.41, 5.74) is 15.9. The van der Waals surface area contributed by atoms with Gasteiger partial charge in [0, 0.05) is 10.8 Å². The van der Waals surface area contributed by atoms with Crippen molar-refractivity contribution in [1.82, 2.24) is 0 Å². The molecule has 0 unspecified atom stereocenters. The van der Waals surface area contributed by atoms with Crippen molar-refractivity contribution >= 4 is 5.97 Å². The Morgan fingerprint density at radius 1 is 0.537 bits per heavy atom. The second kappa shape index (κ2) is 9.04. The number of ether oxygens (including phenoxy) is 1. The Bertz CT molecular complexity index is 1870. The van der Waals surface area contributed by atoms with Crippen LogP contribution < -0.4 is 0 Å². The average Bonchev–Trinajstić information content (AvgIpc) is 3.36. The van der Waals surface area contributed by atoms with Crippen molar-refractivity contribution in [3.63, 3.8) is 0 Å². The first-order valence-electron chi connectivity index (χ1n) is 14.4. The van der Waals surface area contributed by atoms with Crippen molar-refractivity contribution in [3.05, 3.63) is 131 Å². The van der Waals surface area contributed by atoms with Crippen molar-refractivity contribution in [2.75, 3.05) is 7.11 Å². The Hall–Kier alpha value is -4.43. The normalized spacial score (nSPS) is 15.0. The van der Waals surface area contributed by atoms with Gasteiger partial charge in [0.15, 0.2) is 0 Å². The first-order chi connectivity index (χ1) is 19.7. The maximum atomic E-state index is 12.6. The third kappa shape index (κ3) is 3.81. The van der Waals surface area contributed by atoms with Gasteiger partial charge in [0.05, 0.1) is 13.5 Å². The van der Waals surface area contributed by atoms with Gasteiger partial charge in [-0.3, -0.25) is 4.79 Å². The van der Waals surface area contributed by atoms with Gasteiger partial charge in [-0.05, 0) is 90.5 Å². The fourth-order valence-electron chi connectivity index (χ4n) is 7.18. The summed E-state index contributed by atoms with van der Waals surface area (Å²) in [5.74, 6) is -0.233.